The molecule has 0 spiro atoms. The van der Waals surface area contributed by atoms with Crippen LogP contribution in [-0.4, -0.2) is 37.3 Å². The van der Waals surface area contributed by atoms with Gasteiger partial charge in [0.15, 0.2) is 0 Å². The van der Waals surface area contributed by atoms with Crippen molar-refractivity contribution in [1.82, 2.24) is 4.90 Å². The SMILES string of the molecule is CN(C)C=Nc1c(Cl)cc(C(C#N)C(=O)C(F)(F)F)cc1Cl. The van der Waals surface area contributed by atoms with Crippen LogP contribution in [0.3, 0.4) is 0 Å². The van der Waals surface area contributed by atoms with Crippen LogP contribution in [0.2, 0.25) is 10.0 Å². The summed E-state index contributed by atoms with van der Waals surface area (Å²) in [6.45, 7) is 0. The van der Waals surface area contributed by atoms with E-state index in [0.717, 1.165) is 12.1 Å². The maximum absolute atomic E-state index is 12.5. The van der Waals surface area contributed by atoms with Gasteiger partial charge in [0.1, 0.15) is 11.6 Å². The summed E-state index contributed by atoms with van der Waals surface area (Å²) in [6, 6.07) is 3.47. The Bertz CT molecular complexity index is 628. The normalized spacial score (nSPS) is 13.0. The zero-order valence-corrected chi connectivity index (χ0v) is 13.0. The van der Waals surface area contributed by atoms with E-state index in [-0.39, 0.29) is 21.3 Å². The van der Waals surface area contributed by atoms with E-state index in [0.29, 0.717) is 0 Å². The second-order valence-corrected chi connectivity index (χ2v) is 5.28. The van der Waals surface area contributed by atoms with E-state index in [9.17, 15) is 18.0 Å². The number of hydrogen-bond donors (Lipinski definition) is 0. The number of carbonyl (C=O) groups is 1. The number of alkyl halides is 3. The van der Waals surface area contributed by atoms with Crippen LogP contribution in [0.25, 0.3) is 0 Å². The summed E-state index contributed by atoms with van der Waals surface area (Å²) in [4.78, 5) is 16.8. The van der Waals surface area contributed by atoms with E-state index in [1.54, 1.807) is 19.0 Å². The van der Waals surface area contributed by atoms with E-state index in [1.165, 1.54) is 12.4 Å². The number of nitrogens with zero attached hydrogens (tertiary/aromatic N) is 3. The number of nitriles is 1. The molecule has 1 atom stereocenters. The minimum Gasteiger partial charge on any atom is -0.369 e. The molecular formula is C13H10Cl2F3N3O. The van der Waals surface area contributed by atoms with Crippen molar-refractivity contribution in [3.8, 4) is 6.07 Å². The van der Waals surface area contributed by atoms with Crippen LogP contribution in [0, 0.1) is 11.3 Å². The van der Waals surface area contributed by atoms with Crippen LogP contribution in [-0.2, 0) is 4.79 Å². The minimum absolute atomic E-state index is 0.0594. The lowest BCUT2D eigenvalue weighted by atomic mass is 9.95. The van der Waals surface area contributed by atoms with E-state index in [1.807, 2.05) is 0 Å². The maximum atomic E-state index is 12.5. The third-order valence-corrected chi connectivity index (χ3v) is 3.04. The molecule has 1 rings (SSSR count). The number of hydrogen-bond acceptors (Lipinski definition) is 3. The average molecular weight is 352 g/mol. The molecule has 0 saturated carbocycles. The molecule has 0 aromatic heterocycles. The van der Waals surface area contributed by atoms with Crippen molar-refractivity contribution in [1.29, 1.82) is 5.26 Å². The lowest BCUT2D eigenvalue weighted by Crippen LogP contribution is -2.28. The fourth-order valence-electron chi connectivity index (χ4n) is 1.50. The van der Waals surface area contributed by atoms with E-state index >= 15 is 0 Å². The Balaban J connectivity index is 3.29. The summed E-state index contributed by atoms with van der Waals surface area (Å²) in [6.07, 6.45) is -3.73. The summed E-state index contributed by atoms with van der Waals surface area (Å²) in [5.41, 5.74) is -0.0967. The van der Waals surface area contributed by atoms with Crippen molar-refractivity contribution in [2.45, 2.75) is 12.1 Å². The van der Waals surface area contributed by atoms with Gasteiger partial charge < -0.3 is 4.90 Å². The quantitative estimate of drug-likeness (QED) is 0.609. The van der Waals surface area contributed by atoms with E-state index in [2.05, 4.69) is 4.99 Å². The topological polar surface area (TPSA) is 56.5 Å². The molecule has 118 valence electrons. The van der Waals surface area contributed by atoms with Gasteiger partial charge in [-0.2, -0.15) is 18.4 Å². The Morgan fingerprint density at radius 1 is 1.36 bits per heavy atom. The first kappa shape index (κ1) is 18.3. The molecule has 0 N–H and O–H groups in total. The molecule has 0 radical (unpaired) electrons. The summed E-state index contributed by atoms with van der Waals surface area (Å²) >= 11 is 11.8. The van der Waals surface area contributed by atoms with Gasteiger partial charge in [-0.05, 0) is 17.7 Å². The number of ketones is 1. The fraction of sp³-hybridized carbons (Fsp3) is 0.308. The van der Waals surface area contributed by atoms with Crippen molar-refractivity contribution < 1.29 is 18.0 Å². The van der Waals surface area contributed by atoms with Crippen molar-refractivity contribution in [2.75, 3.05) is 14.1 Å². The predicted octanol–water partition coefficient (Wildman–Crippen LogP) is 3.95. The fourth-order valence-corrected chi connectivity index (χ4v) is 2.10. The first-order valence-corrected chi connectivity index (χ1v) is 6.53. The highest BCUT2D eigenvalue weighted by molar-refractivity contribution is 6.39. The van der Waals surface area contributed by atoms with Crippen LogP contribution in [0.15, 0.2) is 17.1 Å². The number of aliphatic imine (C=N–C) groups is 1. The summed E-state index contributed by atoms with van der Waals surface area (Å²) in [5.74, 6) is -4.20. The molecular weight excluding hydrogens is 342 g/mol. The second-order valence-electron chi connectivity index (χ2n) is 4.47. The van der Waals surface area contributed by atoms with Gasteiger partial charge in [0.25, 0.3) is 5.78 Å². The summed E-state index contributed by atoms with van der Waals surface area (Å²) in [7, 11) is 3.40. The second kappa shape index (κ2) is 6.99. The molecule has 0 heterocycles. The van der Waals surface area contributed by atoms with Crippen LogP contribution in [0.5, 0.6) is 0 Å². The monoisotopic (exact) mass is 351 g/mol. The van der Waals surface area contributed by atoms with Crippen LogP contribution < -0.4 is 0 Å². The number of carbonyl (C=O) groups excluding carboxylic acids is 1. The summed E-state index contributed by atoms with van der Waals surface area (Å²) in [5, 5.41) is 8.73. The Kier molecular flexibility index (Phi) is 5.80. The molecule has 22 heavy (non-hydrogen) atoms. The molecule has 0 aliphatic carbocycles. The van der Waals surface area contributed by atoms with E-state index < -0.39 is 17.9 Å². The molecule has 0 aliphatic rings. The molecule has 4 nitrogen and oxygen atoms in total. The minimum atomic E-state index is -5.12. The van der Waals surface area contributed by atoms with Gasteiger partial charge in [-0.1, -0.05) is 23.2 Å². The highest BCUT2D eigenvalue weighted by atomic mass is 35.5. The molecule has 1 unspecified atom stereocenters. The zero-order valence-electron chi connectivity index (χ0n) is 11.4. The van der Waals surface area contributed by atoms with Gasteiger partial charge in [0.2, 0.25) is 0 Å². The van der Waals surface area contributed by atoms with Gasteiger partial charge >= 0.3 is 6.18 Å². The van der Waals surface area contributed by atoms with Crippen LogP contribution >= 0.6 is 23.2 Å². The Morgan fingerprint density at radius 2 is 1.86 bits per heavy atom. The van der Waals surface area contributed by atoms with Gasteiger partial charge in [-0.3, -0.25) is 4.79 Å². The Hall–Kier alpha value is -1.78. The third-order valence-electron chi connectivity index (χ3n) is 2.46. The number of halogens is 5. The molecule has 1 aromatic carbocycles. The predicted molar refractivity (Wildman–Crippen MR) is 77.7 cm³/mol. The van der Waals surface area contributed by atoms with Gasteiger partial charge in [0, 0.05) is 14.1 Å². The highest BCUT2D eigenvalue weighted by Gasteiger charge is 2.44. The average Bonchev–Trinajstić information content (AvgIpc) is 2.37. The third kappa shape index (κ3) is 4.36. The molecule has 0 amide bonds. The smallest absolute Gasteiger partial charge is 0.369 e. The molecule has 9 heteroatoms. The number of benzene rings is 1. The lowest BCUT2D eigenvalue weighted by Gasteiger charge is -2.13. The van der Waals surface area contributed by atoms with Crippen molar-refractivity contribution >= 4 is 41.0 Å². The van der Waals surface area contributed by atoms with Crippen molar-refractivity contribution in [2.24, 2.45) is 4.99 Å². The number of Topliss-reactive ketones (excluding diaryl/α,β-unsaturated/α-hetero) is 1. The first-order chi connectivity index (χ1) is 10.1. The Morgan fingerprint density at radius 3 is 2.23 bits per heavy atom. The molecule has 1 aromatic rings. The lowest BCUT2D eigenvalue weighted by molar-refractivity contribution is -0.171. The van der Waals surface area contributed by atoms with Crippen LogP contribution in [0.4, 0.5) is 18.9 Å². The van der Waals surface area contributed by atoms with Gasteiger partial charge in [0.05, 0.1) is 22.5 Å². The molecule has 0 bridgehead atoms. The summed E-state index contributed by atoms with van der Waals surface area (Å²) < 4.78 is 37.4. The van der Waals surface area contributed by atoms with E-state index in [4.69, 9.17) is 28.5 Å². The Labute approximate surface area is 134 Å². The molecule has 0 saturated heterocycles. The van der Waals surface area contributed by atoms with Crippen LogP contribution in [0.1, 0.15) is 11.5 Å². The standard InChI is InChI=1S/C13H10Cl2F3N3O/c1-21(2)6-20-11-9(14)3-7(4-10(11)15)8(5-19)12(22)13(16,17)18/h3-4,6,8H,1-2H3. The maximum Gasteiger partial charge on any atom is 0.451 e. The largest absolute Gasteiger partial charge is 0.451 e. The van der Waals surface area contributed by atoms with Gasteiger partial charge in [-0.25, -0.2) is 4.99 Å². The zero-order chi connectivity index (χ0) is 17.1. The highest BCUT2D eigenvalue weighted by Crippen LogP contribution is 2.37. The van der Waals surface area contributed by atoms with Crippen molar-refractivity contribution in [3.05, 3.63) is 27.7 Å². The molecule has 0 aliphatic heterocycles. The first-order valence-electron chi connectivity index (χ1n) is 5.78. The van der Waals surface area contributed by atoms with Crippen molar-refractivity contribution in [3.63, 3.8) is 0 Å². The van der Waals surface area contributed by atoms with Gasteiger partial charge in [-0.15, -0.1) is 0 Å². The molecule has 0 fully saturated rings. The number of rotatable bonds is 4.